The Labute approximate surface area is 745 Å². The fraction of sp³-hybridized carbons (Fsp3) is 0.541. The Bertz CT molecular complexity index is 4930. The van der Waals surface area contributed by atoms with Gasteiger partial charge < -0.3 is 115 Å². The molecule has 16 amide bonds. The van der Waals surface area contributed by atoms with Gasteiger partial charge in [0.05, 0.1) is 25.4 Å². The molecule has 20 N–H and O–H groups in total. The Balaban J connectivity index is 1.15. The molecule has 3 aromatic heterocycles. The Kier molecular flexibility index (Phi) is 36.2. The number of rotatable bonds is 21. The number of aromatic amines is 3. The van der Waals surface area contributed by atoms with Crippen molar-refractivity contribution in [2.24, 2.45) is 17.8 Å². The first-order valence-corrected chi connectivity index (χ1v) is 45.0. The number of aliphatic carboxylic acids is 2. The van der Waals surface area contributed by atoms with Gasteiger partial charge >= 0.3 is 11.9 Å². The summed E-state index contributed by atoms with van der Waals surface area (Å²) in [5, 5.41) is 69.6. The van der Waals surface area contributed by atoms with E-state index in [0.717, 1.165) is 31.4 Å². The van der Waals surface area contributed by atoms with Crippen LogP contribution < -0.4 is 74.4 Å². The molecule has 0 saturated carbocycles. The number of hydrogen-bond donors (Lipinski definition) is 20. The predicted molar refractivity (Wildman–Crippen MR) is 467 cm³/mol. The summed E-state index contributed by atoms with van der Waals surface area (Å²) >= 11 is 0. The number of carboxylic acids is 2. The third-order valence-corrected chi connectivity index (χ3v) is 24.6. The number of hydrogen-bond acceptors (Lipinski definition) is 22. The predicted octanol–water partition coefficient (Wildman–Crippen LogP) is -1.89. The van der Waals surface area contributed by atoms with Crippen molar-refractivity contribution in [3.63, 3.8) is 0 Å². The van der Waals surface area contributed by atoms with E-state index in [4.69, 9.17) is 6.42 Å². The minimum Gasteiger partial charge on any atom is -0.481 e. The highest BCUT2D eigenvalue weighted by molar-refractivity contribution is 8.76. The van der Waals surface area contributed by atoms with Crippen LogP contribution in [0.3, 0.4) is 0 Å². The maximum Gasteiger partial charge on any atom is 0.305 e. The summed E-state index contributed by atoms with van der Waals surface area (Å²) in [6, 6.07) is -10.6. The maximum absolute atomic E-state index is 15.6. The van der Waals surface area contributed by atoms with Gasteiger partial charge in [-0.15, -0.1) is 12.3 Å². The Morgan fingerprint density at radius 1 is 0.539 bits per heavy atom. The van der Waals surface area contributed by atoms with Crippen LogP contribution in [-0.4, -0.2) is 279 Å². The van der Waals surface area contributed by atoms with Gasteiger partial charge in [0.25, 0.3) is 0 Å². The smallest absolute Gasteiger partial charge is 0.305 e. The number of aliphatic hydroxyl groups excluding tert-OH is 1. The van der Waals surface area contributed by atoms with E-state index in [1.807, 2.05) is 0 Å². The first-order valence-electron chi connectivity index (χ1n) is 42.5. The Morgan fingerprint density at radius 2 is 1.05 bits per heavy atom. The highest BCUT2D eigenvalue weighted by Crippen LogP contribution is 2.30. The van der Waals surface area contributed by atoms with Crippen LogP contribution in [-0.2, 0) is 106 Å². The molecule has 2 bridgehead atoms. The Hall–Kier alpha value is -12.6. The number of carbonyl (C=O) groups is 18. The second-order valence-electron chi connectivity index (χ2n) is 33.5. The van der Waals surface area contributed by atoms with Crippen LogP contribution >= 0.6 is 21.6 Å². The normalized spacial score (nSPS) is 26.1. The van der Waals surface area contributed by atoms with E-state index >= 15 is 38.4 Å². The van der Waals surface area contributed by atoms with E-state index in [1.165, 1.54) is 26.4 Å². The van der Waals surface area contributed by atoms with Crippen LogP contribution in [0.4, 0.5) is 0 Å². The number of aromatic nitrogens is 4. The fourth-order valence-electron chi connectivity index (χ4n) is 15.5. The molecule has 9 rings (SSSR count). The zero-order chi connectivity index (χ0) is 93.3. The number of nitrogens with one attached hydrogen (secondary N) is 17. The summed E-state index contributed by atoms with van der Waals surface area (Å²) in [4.78, 5) is 279. The molecule has 0 unspecified atom stereocenters. The molecule has 4 fully saturated rings. The fourth-order valence-corrected chi connectivity index (χ4v) is 17.8. The van der Waals surface area contributed by atoms with E-state index in [0.29, 0.717) is 38.6 Å². The lowest BCUT2D eigenvalue weighted by atomic mass is 9.98. The van der Waals surface area contributed by atoms with Crippen molar-refractivity contribution in [3.05, 3.63) is 90.3 Å². The van der Waals surface area contributed by atoms with Crippen LogP contribution in [0.1, 0.15) is 143 Å². The average molecular weight is 1820 g/mol. The molecule has 0 aliphatic carbocycles. The first kappa shape index (κ1) is 99.2. The third-order valence-electron chi connectivity index (χ3n) is 22.2. The quantitative estimate of drug-likeness (QED) is 0.0217. The summed E-state index contributed by atoms with van der Waals surface area (Å²) in [7, 11) is 1.52. The average Bonchev–Trinajstić information content (AvgIpc) is 1.64. The summed E-state index contributed by atoms with van der Waals surface area (Å²) in [5.41, 5.74) is 2.42. The molecular formula is C85H114N20O21S2. The maximum atomic E-state index is 15.6. The van der Waals surface area contributed by atoms with Crippen molar-refractivity contribution in [3.8, 4) is 12.3 Å². The number of carbonyl (C=O) groups excluding carboxylic acids is 16. The van der Waals surface area contributed by atoms with Crippen molar-refractivity contribution in [2.45, 2.75) is 242 Å². The van der Waals surface area contributed by atoms with Crippen molar-refractivity contribution >= 4 is 150 Å². The lowest BCUT2D eigenvalue weighted by molar-refractivity contribution is -0.149. The van der Waals surface area contributed by atoms with E-state index in [9.17, 15) is 63.3 Å². The van der Waals surface area contributed by atoms with Gasteiger partial charge in [0.2, 0.25) is 94.5 Å². The first-order chi connectivity index (χ1) is 60.9. The topological polar surface area (TPSA) is 603 Å². The van der Waals surface area contributed by atoms with E-state index in [-0.39, 0.29) is 95.6 Å². The van der Waals surface area contributed by atoms with Crippen LogP contribution in [0, 0.1) is 30.1 Å². The molecular weight excluding hydrogens is 1700 g/mol. The molecule has 0 spiro atoms. The van der Waals surface area contributed by atoms with Gasteiger partial charge in [0.1, 0.15) is 84.6 Å². The van der Waals surface area contributed by atoms with Gasteiger partial charge in [-0.05, 0) is 99.8 Å². The number of benzene rings is 2. The minimum atomic E-state index is -2.07. The molecule has 16 atom stereocenters. The summed E-state index contributed by atoms with van der Waals surface area (Å²) in [6.07, 6.45) is 6.15. The van der Waals surface area contributed by atoms with Crippen molar-refractivity contribution in [1.29, 1.82) is 0 Å². The van der Waals surface area contributed by atoms with Gasteiger partial charge in [-0.25, -0.2) is 4.98 Å². The second kappa shape index (κ2) is 46.8. The summed E-state index contributed by atoms with van der Waals surface area (Å²) in [6.45, 7) is 11.0. The molecule has 43 heteroatoms. The number of para-hydroxylation sites is 2. The molecule has 692 valence electrons. The lowest BCUT2D eigenvalue weighted by Crippen LogP contribution is -2.63. The van der Waals surface area contributed by atoms with Gasteiger partial charge in [-0.3, -0.25) is 86.3 Å². The molecule has 4 aliphatic rings. The molecule has 0 radical (unpaired) electrons. The monoisotopic (exact) mass is 1810 g/mol. The zero-order valence-corrected chi connectivity index (χ0v) is 73.9. The highest BCUT2D eigenvalue weighted by atomic mass is 33.1. The third kappa shape index (κ3) is 28.0. The van der Waals surface area contributed by atoms with Crippen LogP contribution in [0.25, 0.3) is 21.8 Å². The van der Waals surface area contributed by atoms with Crippen molar-refractivity contribution in [2.75, 3.05) is 31.1 Å². The number of aliphatic hydroxyl groups is 1. The zero-order valence-electron chi connectivity index (χ0n) is 72.3. The molecule has 4 saturated heterocycles. The molecule has 4 aliphatic heterocycles. The lowest BCUT2D eigenvalue weighted by Gasteiger charge is -2.34. The number of carboxylic acid groups (broad SMARTS) is 2. The largest absolute Gasteiger partial charge is 0.481 e. The number of terminal acetylenes is 1. The van der Waals surface area contributed by atoms with Crippen LogP contribution in [0.5, 0.6) is 0 Å². The molecule has 2 aromatic carbocycles. The SMILES string of the molecule is C#CCCCC(=O)N[C@H]1C[C@H]2C(=O)N[C@@H](CC(=O)O)C(=O)N[C@H]3CSSC[C@H](NC(=O)[C@H](Cc4c[nH]c5ccccc45)NC(=O)[C@H](C(C)C)NC(=O)[C@H](CC(C)C)NC(=O)[C@H](CCC(=O)O)NC(=O)CNC(=O)[C@H](CC(C)C)NC(=O)[C@H](Cc4cnc[nH]4)NC(=O)[C@H](Cc4c[nH]c5ccccc45)NC(=O)[C@H](C)NC3=O)C(=O)N[C@@H]([C@@H](C)O)C(=O)N3CCC[C@@H]3C(=O)N2C1. The van der Waals surface area contributed by atoms with Gasteiger partial charge in [-0.1, -0.05) is 99.5 Å². The van der Waals surface area contributed by atoms with Crippen molar-refractivity contribution < 1.29 is 102 Å². The highest BCUT2D eigenvalue weighted by Gasteiger charge is 2.49. The van der Waals surface area contributed by atoms with E-state index < -0.39 is 246 Å². The molecule has 128 heavy (non-hydrogen) atoms. The number of unbranched alkanes of at least 4 members (excludes halogenated alkanes) is 1. The number of amides is 16. The van der Waals surface area contributed by atoms with Gasteiger partial charge in [0, 0.05) is 115 Å². The number of H-pyrrole nitrogens is 3. The summed E-state index contributed by atoms with van der Waals surface area (Å²) < 4.78 is 0. The second-order valence-corrected chi connectivity index (χ2v) is 36.1. The van der Waals surface area contributed by atoms with E-state index in [2.05, 4.69) is 100 Å². The number of imidazole rings is 1. The van der Waals surface area contributed by atoms with Crippen LogP contribution in [0.15, 0.2) is 73.4 Å². The summed E-state index contributed by atoms with van der Waals surface area (Å²) in [5.74, 6) is -19.4. The standard InChI is InChI=1S/C85H114N20O21S2/c1-10-11-12-23-66(107)92-50-32-65-82(123)98-61(33-69(111)112)78(119)100-62-39-127-128-40-63(81(122)103-71(46(9)106)85(126)104-26-17-22-64(104)84(125)105(65)38-50)101-76(117)59(30-48-35-88-54-21-16-14-19-52(48)54)99-83(124)70(44(6)7)102-79(120)57(28-43(4)5)96-74(115)55(24-25-68(109)110)93-67(108)37-89-73(114)56(27-42(2)3)95-77(118)60(31-49-36-86-41-90-49)97-75(116)58(94-72(113)45(8)91-80(62)121)29-47-34-87-53-20-15-13-18-51(47)53/h1,13-16,18-21,34-36,41-46,50,55-65,70-71,87-88,106H,11-12,17,22-33,37-40H2,2-9H3,(H,86,90)(H,89,114)(H,91,121)(H,92,107)(H,93,108)(H,94,113)(H,95,118)(H,96,115)(H,97,116)(H,98,123)(H,99,124)(H,100,119)(H,101,117)(H,102,120)(H,103,122)(H,109,110)(H,111,112)/t45-,46+,50-,55-,56-,57-,58-,59-,60-,61-,62-,63-,64+,65-,70-,71-/m0/s1. The van der Waals surface area contributed by atoms with Gasteiger partial charge in [-0.2, -0.15) is 0 Å². The molecule has 5 aromatic rings. The molecule has 7 heterocycles. The van der Waals surface area contributed by atoms with Gasteiger partial charge in [0.15, 0.2) is 0 Å². The van der Waals surface area contributed by atoms with E-state index in [1.54, 1.807) is 102 Å². The van der Waals surface area contributed by atoms with Crippen molar-refractivity contribution in [1.82, 2.24) is 104 Å². The number of nitrogens with zero attached hydrogens (tertiary/aromatic N) is 3. The Morgan fingerprint density at radius 3 is 1.61 bits per heavy atom. The van der Waals surface area contributed by atoms with Crippen LogP contribution in [0.2, 0.25) is 0 Å². The minimum absolute atomic E-state index is 0.0479. The molecule has 41 nitrogen and oxygen atoms in total. The number of fused-ring (bicyclic) bond motifs is 9.